The molecule has 14 heavy (non-hydrogen) atoms. The lowest BCUT2D eigenvalue weighted by Gasteiger charge is -2.24. The first-order valence-corrected chi connectivity index (χ1v) is 4.96. The van der Waals surface area contributed by atoms with Crippen molar-refractivity contribution in [2.75, 3.05) is 39.5 Å². The van der Waals surface area contributed by atoms with Crippen molar-refractivity contribution in [3.05, 3.63) is 12.8 Å². The predicted molar refractivity (Wildman–Crippen MR) is 55.5 cm³/mol. The minimum absolute atomic E-state index is 0.111. The fourth-order valence-corrected chi connectivity index (χ4v) is 1.33. The van der Waals surface area contributed by atoms with E-state index in [1.807, 2.05) is 4.90 Å². The van der Waals surface area contributed by atoms with Crippen LogP contribution in [0.3, 0.4) is 0 Å². The van der Waals surface area contributed by atoms with Gasteiger partial charge in [0.1, 0.15) is 0 Å². The Morgan fingerprint density at radius 3 is 1.93 bits per heavy atom. The molecule has 84 valence electrons. The van der Waals surface area contributed by atoms with Crippen molar-refractivity contribution in [1.29, 1.82) is 0 Å². The van der Waals surface area contributed by atoms with E-state index >= 15 is 0 Å². The zero-order valence-corrected chi connectivity index (χ0v) is 8.65. The number of aliphatic hydroxyl groups excluding tert-OH is 3. The molecule has 0 heterocycles. The molecule has 3 N–H and O–H groups in total. The van der Waals surface area contributed by atoms with Gasteiger partial charge in [-0.1, -0.05) is 0 Å². The molecule has 0 aromatic carbocycles. The van der Waals surface area contributed by atoms with Crippen LogP contribution in [-0.2, 0) is 0 Å². The summed E-state index contributed by atoms with van der Waals surface area (Å²) >= 11 is 0. The lowest BCUT2D eigenvalue weighted by atomic mass is 10.0. The molecule has 0 aromatic rings. The summed E-state index contributed by atoms with van der Waals surface area (Å²) in [5.74, 6) is 1.10. The number of rotatable bonds is 9. The first-order valence-electron chi connectivity index (χ1n) is 4.96. The molecular formula is C10H21NO3. The lowest BCUT2D eigenvalue weighted by molar-refractivity contribution is 0.198. The van der Waals surface area contributed by atoms with E-state index in [1.54, 1.807) is 0 Å². The van der Waals surface area contributed by atoms with E-state index in [9.17, 15) is 0 Å². The van der Waals surface area contributed by atoms with E-state index in [-0.39, 0.29) is 19.8 Å². The van der Waals surface area contributed by atoms with Crippen molar-refractivity contribution >= 4 is 0 Å². The quantitative estimate of drug-likeness (QED) is 0.471. The van der Waals surface area contributed by atoms with Crippen LogP contribution in [0.15, 0.2) is 0 Å². The van der Waals surface area contributed by atoms with E-state index in [0.717, 1.165) is 5.92 Å². The van der Waals surface area contributed by atoms with Gasteiger partial charge in [-0.2, -0.15) is 0 Å². The Morgan fingerprint density at radius 2 is 1.57 bits per heavy atom. The maximum atomic E-state index is 8.79. The smallest absolute Gasteiger partial charge is 0.0558 e. The summed E-state index contributed by atoms with van der Waals surface area (Å²) in [5, 5.41) is 26.3. The van der Waals surface area contributed by atoms with Crippen molar-refractivity contribution in [1.82, 2.24) is 4.90 Å². The number of hydrogen-bond acceptors (Lipinski definition) is 4. The molecule has 0 aromatic heterocycles. The van der Waals surface area contributed by atoms with Crippen LogP contribution in [0.5, 0.6) is 0 Å². The fourth-order valence-electron chi connectivity index (χ4n) is 1.33. The largest absolute Gasteiger partial charge is 0.396 e. The summed E-state index contributed by atoms with van der Waals surface area (Å²) in [6.07, 6.45) is 1.23. The van der Waals surface area contributed by atoms with Crippen LogP contribution in [0.2, 0.25) is 0 Å². The Morgan fingerprint density at radius 1 is 1.00 bits per heavy atom. The summed E-state index contributed by atoms with van der Waals surface area (Å²) in [6.45, 7) is 6.00. The molecule has 0 aliphatic carbocycles. The van der Waals surface area contributed by atoms with Gasteiger partial charge in [0.25, 0.3) is 0 Å². The molecule has 4 nitrogen and oxygen atoms in total. The minimum Gasteiger partial charge on any atom is -0.396 e. The van der Waals surface area contributed by atoms with E-state index in [1.165, 1.54) is 0 Å². The highest BCUT2D eigenvalue weighted by atomic mass is 16.3. The third-order valence-corrected chi connectivity index (χ3v) is 2.11. The third kappa shape index (κ3) is 6.32. The average molecular weight is 203 g/mol. The zero-order valence-electron chi connectivity index (χ0n) is 8.65. The molecular weight excluding hydrogens is 182 g/mol. The molecule has 0 bridgehead atoms. The highest BCUT2D eigenvalue weighted by Gasteiger charge is 2.12. The van der Waals surface area contributed by atoms with Crippen LogP contribution in [0, 0.1) is 12.8 Å². The van der Waals surface area contributed by atoms with Crippen molar-refractivity contribution in [3.63, 3.8) is 0 Å². The first-order chi connectivity index (χ1) is 6.78. The van der Waals surface area contributed by atoms with Gasteiger partial charge in [-0.3, -0.25) is 0 Å². The average Bonchev–Trinajstić information content (AvgIpc) is 2.18. The molecule has 0 unspecified atom stereocenters. The molecule has 0 saturated heterocycles. The molecule has 0 saturated carbocycles. The zero-order chi connectivity index (χ0) is 10.8. The Kier molecular flexibility index (Phi) is 9.29. The van der Waals surface area contributed by atoms with Gasteiger partial charge in [-0.25, -0.2) is 0 Å². The second-order valence-electron chi connectivity index (χ2n) is 3.20. The Labute approximate surface area is 86.2 Å². The molecule has 0 spiro atoms. The third-order valence-electron chi connectivity index (χ3n) is 2.11. The first kappa shape index (κ1) is 13.8. The summed E-state index contributed by atoms with van der Waals surface area (Å²) < 4.78 is 0. The second kappa shape index (κ2) is 9.40. The Balaban J connectivity index is 3.83. The molecule has 0 atom stereocenters. The molecule has 4 heteroatoms. The molecule has 0 aliphatic rings. The standard InChI is InChI=1S/C10H21NO3/c1-2-11(5-8-14)9-10(3-6-12)4-7-13/h12-14H,1-9H2. The van der Waals surface area contributed by atoms with Crippen LogP contribution in [-0.4, -0.2) is 59.7 Å². The number of hydrogen-bond donors (Lipinski definition) is 3. The van der Waals surface area contributed by atoms with Crippen LogP contribution < -0.4 is 0 Å². The van der Waals surface area contributed by atoms with Crippen LogP contribution in [0.1, 0.15) is 12.8 Å². The topological polar surface area (TPSA) is 63.9 Å². The molecule has 0 fully saturated rings. The van der Waals surface area contributed by atoms with Gasteiger partial charge in [-0.15, -0.1) is 0 Å². The van der Waals surface area contributed by atoms with Gasteiger partial charge in [-0.05, 0) is 32.2 Å². The van der Waals surface area contributed by atoms with E-state index in [0.29, 0.717) is 32.5 Å². The summed E-state index contributed by atoms with van der Waals surface area (Å²) in [6, 6.07) is 0. The maximum absolute atomic E-state index is 8.79. The summed E-state index contributed by atoms with van der Waals surface area (Å²) in [5.41, 5.74) is 0. The SMILES string of the molecule is [CH2]CN(CCO)C[C](CCO)CCO. The normalized spacial score (nSPS) is 11.6. The van der Waals surface area contributed by atoms with E-state index in [2.05, 4.69) is 6.92 Å². The number of aliphatic hydroxyl groups is 3. The highest BCUT2D eigenvalue weighted by Crippen LogP contribution is 2.12. The van der Waals surface area contributed by atoms with E-state index in [4.69, 9.17) is 15.3 Å². The van der Waals surface area contributed by atoms with Gasteiger partial charge in [0.05, 0.1) is 6.61 Å². The second-order valence-corrected chi connectivity index (χ2v) is 3.20. The fraction of sp³-hybridized carbons (Fsp3) is 0.800. The Bertz CT molecular complexity index is 116. The predicted octanol–water partition coefficient (Wildman–Crippen LogP) is -0.546. The van der Waals surface area contributed by atoms with Gasteiger partial charge in [0.15, 0.2) is 0 Å². The van der Waals surface area contributed by atoms with E-state index < -0.39 is 0 Å². The highest BCUT2D eigenvalue weighted by molar-refractivity contribution is 4.92. The molecule has 0 rings (SSSR count). The monoisotopic (exact) mass is 203 g/mol. The molecule has 2 radical (unpaired) electrons. The van der Waals surface area contributed by atoms with Gasteiger partial charge < -0.3 is 20.2 Å². The van der Waals surface area contributed by atoms with Gasteiger partial charge in [0.2, 0.25) is 0 Å². The van der Waals surface area contributed by atoms with Gasteiger partial charge >= 0.3 is 0 Å². The summed E-state index contributed by atoms with van der Waals surface area (Å²) in [7, 11) is 0. The molecule has 0 amide bonds. The maximum Gasteiger partial charge on any atom is 0.0558 e. The number of nitrogens with zero attached hydrogens (tertiary/aromatic N) is 1. The van der Waals surface area contributed by atoms with Gasteiger partial charge in [0, 0.05) is 26.3 Å². The van der Waals surface area contributed by atoms with Crippen molar-refractivity contribution in [3.8, 4) is 0 Å². The van der Waals surface area contributed by atoms with Crippen LogP contribution >= 0.6 is 0 Å². The van der Waals surface area contributed by atoms with Crippen molar-refractivity contribution in [2.24, 2.45) is 0 Å². The van der Waals surface area contributed by atoms with Crippen molar-refractivity contribution < 1.29 is 15.3 Å². The minimum atomic E-state index is 0.111. The van der Waals surface area contributed by atoms with Crippen LogP contribution in [0.25, 0.3) is 0 Å². The van der Waals surface area contributed by atoms with Crippen molar-refractivity contribution in [2.45, 2.75) is 12.8 Å². The Hall–Kier alpha value is -0.160. The molecule has 0 aliphatic heterocycles. The van der Waals surface area contributed by atoms with Crippen LogP contribution in [0.4, 0.5) is 0 Å². The lowest BCUT2D eigenvalue weighted by Crippen LogP contribution is -2.32. The summed E-state index contributed by atoms with van der Waals surface area (Å²) in [4.78, 5) is 1.99.